The molecule has 0 spiro atoms. The number of fused-ring (bicyclic) bond motifs is 10. The average molecular weight is 689 g/mol. The third kappa shape index (κ3) is 13.8. The van der Waals surface area contributed by atoms with Gasteiger partial charge in [-0.05, 0) is 66.2 Å². The second-order valence-corrected chi connectivity index (χ2v) is 12.8. The van der Waals surface area contributed by atoms with Gasteiger partial charge in [-0.3, -0.25) is 39.1 Å². The third-order valence-electron chi connectivity index (χ3n) is 8.77. The SMILES string of the molecule is CC1=C2C=NCCCN=C/C(=C(\C)NCCN1)C(=O)CCCCC(=O)/C1=C(\C)NCCNC(C)=C(C=NCCCN=C1)C(=O)CCCCC2=O. The maximum atomic E-state index is 13.4. The zero-order chi connectivity index (χ0) is 36.1. The van der Waals surface area contributed by atoms with Crippen LogP contribution in [0.2, 0.25) is 0 Å². The summed E-state index contributed by atoms with van der Waals surface area (Å²) < 4.78 is 0. The number of nitrogens with zero attached hydrogens (tertiary/aromatic N) is 4. The van der Waals surface area contributed by atoms with Gasteiger partial charge in [-0.15, -0.1) is 0 Å². The molecule has 3 rings (SSSR count). The lowest BCUT2D eigenvalue weighted by Crippen LogP contribution is -2.28. The fourth-order valence-electron chi connectivity index (χ4n) is 5.70. The Hall–Kier alpha value is -4.48. The minimum atomic E-state index is -0.0180. The summed E-state index contributed by atoms with van der Waals surface area (Å²) >= 11 is 0. The van der Waals surface area contributed by atoms with Crippen molar-refractivity contribution in [2.24, 2.45) is 20.0 Å². The zero-order valence-electron chi connectivity index (χ0n) is 30.5. The van der Waals surface area contributed by atoms with E-state index >= 15 is 0 Å². The quantitative estimate of drug-likeness (QED) is 0.297. The maximum absolute atomic E-state index is 13.4. The summed E-state index contributed by atoms with van der Waals surface area (Å²) in [6, 6.07) is 0. The molecular formula is C38H56N8O4. The first-order chi connectivity index (χ1) is 24.2. The van der Waals surface area contributed by atoms with Crippen LogP contribution in [0, 0.1) is 0 Å². The number of nitrogens with one attached hydrogen (secondary N) is 4. The van der Waals surface area contributed by atoms with Gasteiger partial charge in [0.15, 0.2) is 23.1 Å². The molecule has 0 saturated carbocycles. The Kier molecular flexibility index (Phi) is 17.8. The predicted molar refractivity (Wildman–Crippen MR) is 202 cm³/mol. The van der Waals surface area contributed by atoms with Crippen LogP contribution in [0.1, 0.15) is 91.9 Å². The summed E-state index contributed by atoms with van der Waals surface area (Å²) in [7, 11) is 0. The second kappa shape index (κ2) is 22.3. The van der Waals surface area contributed by atoms with Gasteiger partial charge >= 0.3 is 0 Å². The smallest absolute Gasteiger partial charge is 0.166 e. The van der Waals surface area contributed by atoms with E-state index in [4.69, 9.17) is 0 Å². The van der Waals surface area contributed by atoms with E-state index < -0.39 is 0 Å². The number of allylic oxidation sites excluding steroid dienone is 8. The molecule has 0 radical (unpaired) electrons. The van der Waals surface area contributed by atoms with Crippen molar-refractivity contribution >= 4 is 48.0 Å². The highest BCUT2D eigenvalue weighted by Crippen LogP contribution is 2.14. The molecule has 0 fully saturated rings. The van der Waals surface area contributed by atoms with Crippen molar-refractivity contribution in [3.63, 3.8) is 0 Å². The normalized spacial score (nSPS) is 24.4. The molecule has 0 aromatic rings. The van der Waals surface area contributed by atoms with Crippen LogP contribution in [-0.2, 0) is 19.2 Å². The van der Waals surface area contributed by atoms with Crippen LogP contribution in [0.4, 0.5) is 0 Å². The molecule has 4 bridgehead atoms. The molecule has 0 aliphatic carbocycles. The van der Waals surface area contributed by atoms with Gasteiger partial charge in [0.1, 0.15) is 0 Å². The van der Waals surface area contributed by atoms with E-state index in [1.165, 1.54) is 0 Å². The summed E-state index contributed by atoms with van der Waals surface area (Å²) in [6.07, 6.45) is 11.4. The molecule has 0 amide bonds. The van der Waals surface area contributed by atoms with Crippen LogP contribution < -0.4 is 21.3 Å². The van der Waals surface area contributed by atoms with E-state index in [1.807, 2.05) is 27.7 Å². The Morgan fingerprint density at radius 2 is 0.600 bits per heavy atom. The van der Waals surface area contributed by atoms with E-state index in [9.17, 15) is 19.2 Å². The third-order valence-corrected chi connectivity index (χ3v) is 8.77. The Labute approximate surface area is 297 Å². The number of ketones is 4. The van der Waals surface area contributed by atoms with Crippen molar-refractivity contribution in [3.8, 4) is 0 Å². The first-order valence-electron chi connectivity index (χ1n) is 18.1. The largest absolute Gasteiger partial charge is 0.386 e. The molecule has 3 aliphatic rings. The Bertz CT molecular complexity index is 1260. The molecule has 3 aliphatic heterocycles. The first kappa shape index (κ1) is 40.0. The first-order valence-corrected chi connectivity index (χ1v) is 18.1. The lowest BCUT2D eigenvalue weighted by atomic mass is 10.0. The molecule has 50 heavy (non-hydrogen) atoms. The zero-order valence-corrected chi connectivity index (χ0v) is 30.5. The molecule has 0 atom stereocenters. The Balaban J connectivity index is 1.92. The molecule has 0 saturated heterocycles. The van der Waals surface area contributed by atoms with Gasteiger partial charge in [0.25, 0.3) is 0 Å². The van der Waals surface area contributed by atoms with Crippen molar-refractivity contribution in [1.82, 2.24) is 21.3 Å². The van der Waals surface area contributed by atoms with Crippen molar-refractivity contribution in [3.05, 3.63) is 45.1 Å². The summed E-state index contributed by atoms with van der Waals surface area (Å²) in [6.45, 7) is 11.6. The number of rotatable bonds is 0. The fourth-order valence-corrected chi connectivity index (χ4v) is 5.70. The second-order valence-electron chi connectivity index (χ2n) is 12.8. The Morgan fingerprint density at radius 1 is 0.380 bits per heavy atom. The highest BCUT2D eigenvalue weighted by atomic mass is 16.1. The van der Waals surface area contributed by atoms with Gasteiger partial charge in [-0.25, -0.2) is 0 Å². The van der Waals surface area contributed by atoms with Gasteiger partial charge in [0, 0.05) is 126 Å². The molecule has 0 unspecified atom stereocenters. The summed E-state index contributed by atoms with van der Waals surface area (Å²) in [4.78, 5) is 71.6. The van der Waals surface area contributed by atoms with E-state index in [-0.39, 0.29) is 23.1 Å². The van der Waals surface area contributed by atoms with Crippen molar-refractivity contribution in [2.75, 3.05) is 52.4 Å². The monoisotopic (exact) mass is 688 g/mol. The maximum Gasteiger partial charge on any atom is 0.166 e. The standard InChI is InChI=1S/C38H56N8O4/c1-27-31-23-39-15-9-16-40-24-32(28(2)44-20-19-43-27)37(49)13-7-8-14-38(50)34-26-42-18-10-17-41-25-33(29(3)45-21-22-46-30(34)4)36(48)12-6-5-11-35(31)47/h23-26,43-46H,5-22H2,1-4H3/b31-27-,32-28?,33-29+,34-30?,39-23?,40-24?,41-25?,42-26?. The molecule has 0 aromatic heterocycles. The fraction of sp³-hybridized carbons (Fsp3) is 0.579. The predicted octanol–water partition coefficient (Wildman–Crippen LogP) is 3.94. The van der Waals surface area contributed by atoms with Crippen LogP contribution in [0.3, 0.4) is 0 Å². The van der Waals surface area contributed by atoms with Crippen LogP contribution >= 0.6 is 0 Å². The topological polar surface area (TPSA) is 166 Å². The highest BCUT2D eigenvalue weighted by Gasteiger charge is 2.17. The van der Waals surface area contributed by atoms with E-state index in [1.54, 1.807) is 24.9 Å². The van der Waals surface area contributed by atoms with Gasteiger partial charge in [0.2, 0.25) is 0 Å². The number of hydrogen-bond acceptors (Lipinski definition) is 12. The van der Waals surface area contributed by atoms with Crippen molar-refractivity contribution < 1.29 is 19.2 Å². The van der Waals surface area contributed by atoms with Crippen LogP contribution in [0.5, 0.6) is 0 Å². The van der Waals surface area contributed by atoms with Gasteiger partial charge in [0.05, 0.1) is 22.3 Å². The number of carbonyl (C=O) groups excluding carboxylic acids is 4. The van der Waals surface area contributed by atoms with E-state index in [0.717, 1.165) is 22.8 Å². The minimum Gasteiger partial charge on any atom is -0.386 e. The molecular weight excluding hydrogens is 632 g/mol. The number of Topliss-reactive ketones (excluding diaryl/α,β-unsaturated/α-hetero) is 4. The molecule has 3 heterocycles. The van der Waals surface area contributed by atoms with Crippen molar-refractivity contribution in [2.45, 2.75) is 91.9 Å². The number of aliphatic imine (C=N–C) groups is 4. The summed E-state index contributed by atoms with van der Waals surface area (Å²) in [5.41, 5.74) is 5.11. The van der Waals surface area contributed by atoms with Crippen LogP contribution in [-0.4, -0.2) is 100 Å². The van der Waals surface area contributed by atoms with Crippen molar-refractivity contribution in [1.29, 1.82) is 0 Å². The molecule has 12 nitrogen and oxygen atoms in total. The van der Waals surface area contributed by atoms with E-state index in [0.29, 0.717) is 139 Å². The lowest BCUT2D eigenvalue weighted by molar-refractivity contribution is -0.117. The summed E-state index contributed by atoms with van der Waals surface area (Å²) in [5, 5.41) is 13.3. The van der Waals surface area contributed by atoms with Crippen LogP contribution in [0.25, 0.3) is 0 Å². The molecule has 272 valence electrons. The summed E-state index contributed by atoms with van der Waals surface area (Å²) in [5.74, 6) is -0.0722. The van der Waals surface area contributed by atoms with Gasteiger partial charge < -0.3 is 21.3 Å². The molecule has 0 aromatic carbocycles. The van der Waals surface area contributed by atoms with Gasteiger partial charge in [-0.2, -0.15) is 0 Å². The average Bonchev–Trinajstić information content (AvgIpc) is 3.10. The molecule has 4 N–H and O–H groups in total. The number of carbonyl (C=O) groups is 4. The number of hydrogen-bond donors (Lipinski definition) is 4. The minimum absolute atomic E-state index is 0.0180. The highest BCUT2D eigenvalue weighted by molar-refractivity contribution is 6.15. The lowest BCUT2D eigenvalue weighted by Gasteiger charge is -2.14. The molecule has 12 heteroatoms. The van der Waals surface area contributed by atoms with E-state index in [2.05, 4.69) is 41.2 Å². The van der Waals surface area contributed by atoms with Crippen LogP contribution in [0.15, 0.2) is 65.1 Å². The Morgan fingerprint density at radius 3 is 0.820 bits per heavy atom. The van der Waals surface area contributed by atoms with Gasteiger partial charge in [-0.1, -0.05) is 0 Å².